The zero-order chi connectivity index (χ0) is 14.7. The number of hydrogen-bond acceptors (Lipinski definition) is 3. The van der Waals surface area contributed by atoms with Gasteiger partial charge in [-0.05, 0) is 25.1 Å². The van der Waals surface area contributed by atoms with Gasteiger partial charge in [-0.2, -0.15) is 0 Å². The Bertz CT molecular complexity index is 536. The first-order valence-corrected chi connectivity index (χ1v) is 6.16. The molecule has 2 N–H and O–H groups in total. The molecule has 7 heteroatoms. The molecule has 1 atom stereocenters. The molecule has 2 rings (SSSR count). The Labute approximate surface area is 114 Å². The van der Waals surface area contributed by atoms with Crippen LogP contribution < -0.4 is 5.32 Å². The number of rotatable bonds is 4. The van der Waals surface area contributed by atoms with Crippen LogP contribution in [0.5, 0.6) is 0 Å². The number of carboxylic acid groups (broad SMARTS) is 1. The van der Waals surface area contributed by atoms with Gasteiger partial charge >= 0.3 is 5.97 Å². The minimum absolute atomic E-state index is 0.0419. The molecule has 0 radical (unpaired) electrons. The fraction of sp³-hybridized carbons (Fsp3) is 0.385. The summed E-state index contributed by atoms with van der Waals surface area (Å²) in [6, 6.07) is 2.79. The summed E-state index contributed by atoms with van der Waals surface area (Å²) in [4.78, 5) is 24.2. The number of anilines is 1. The van der Waals surface area contributed by atoms with Gasteiger partial charge in [-0.1, -0.05) is 0 Å². The molecule has 1 heterocycles. The molecule has 1 aliphatic heterocycles. The molecule has 0 bridgehead atoms. The molecule has 1 aromatic carbocycles. The average Bonchev–Trinajstić information content (AvgIpc) is 2.82. The number of carbonyl (C=O) groups excluding carboxylic acids is 1. The second kappa shape index (κ2) is 5.96. The normalized spacial score (nSPS) is 19.0. The van der Waals surface area contributed by atoms with Crippen molar-refractivity contribution in [3.8, 4) is 0 Å². The van der Waals surface area contributed by atoms with Crippen LogP contribution in [-0.2, 0) is 9.59 Å². The standard InChI is InChI=1S/C13H14F2N2O3/c14-9-1-2-10(15)11(5-9)16-12(18)7-17-4-3-8(6-17)13(19)20/h1-2,5,8H,3-4,6-7H2,(H,16,18)(H,19,20). The predicted molar refractivity (Wildman–Crippen MR) is 67.2 cm³/mol. The van der Waals surface area contributed by atoms with E-state index in [2.05, 4.69) is 5.32 Å². The first kappa shape index (κ1) is 14.4. The van der Waals surface area contributed by atoms with E-state index in [-0.39, 0.29) is 18.8 Å². The number of carbonyl (C=O) groups is 2. The lowest BCUT2D eigenvalue weighted by atomic mass is 10.1. The summed E-state index contributed by atoms with van der Waals surface area (Å²) < 4.78 is 26.3. The first-order valence-electron chi connectivity index (χ1n) is 6.16. The number of benzene rings is 1. The summed E-state index contributed by atoms with van der Waals surface area (Å²) >= 11 is 0. The van der Waals surface area contributed by atoms with Gasteiger partial charge in [-0.25, -0.2) is 8.78 Å². The Morgan fingerprint density at radius 3 is 2.80 bits per heavy atom. The summed E-state index contributed by atoms with van der Waals surface area (Å²) in [5.41, 5.74) is -0.219. The molecular formula is C13H14F2N2O3. The molecular weight excluding hydrogens is 270 g/mol. The lowest BCUT2D eigenvalue weighted by Gasteiger charge is -2.15. The van der Waals surface area contributed by atoms with Gasteiger partial charge in [-0.15, -0.1) is 0 Å². The third kappa shape index (κ3) is 3.51. The van der Waals surface area contributed by atoms with Gasteiger partial charge in [0.25, 0.3) is 0 Å². The number of carboxylic acids is 1. The van der Waals surface area contributed by atoms with Crippen molar-refractivity contribution in [3.05, 3.63) is 29.8 Å². The Kier molecular flexibility index (Phi) is 4.29. The summed E-state index contributed by atoms with van der Waals surface area (Å²) in [5, 5.41) is 11.1. The largest absolute Gasteiger partial charge is 0.481 e. The molecule has 0 aromatic heterocycles. The number of aliphatic carboxylic acids is 1. The molecule has 1 aliphatic rings. The third-order valence-electron chi connectivity index (χ3n) is 3.19. The maximum absolute atomic E-state index is 13.3. The highest BCUT2D eigenvalue weighted by Crippen LogP contribution is 2.17. The van der Waals surface area contributed by atoms with Gasteiger partial charge in [0.05, 0.1) is 18.2 Å². The van der Waals surface area contributed by atoms with Gasteiger partial charge in [0.2, 0.25) is 5.91 Å². The monoisotopic (exact) mass is 284 g/mol. The Morgan fingerprint density at radius 2 is 2.15 bits per heavy atom. The van der Waals surface area contributed by atoms with Gasteiger partial charge in [0.1, 0.15) is 11.6 Å². The van der Waals surface area contributed by atoms with Gasteiger partial charge in [0.15, 0.2) is 0 Å². The molecule has 0 saturated carbocycles. The maximum atomic E-state index is 13.3. The minimum Gasteiger partial charge on any atom is -0.481 e. The van der Waals surface area contributed by atoms with E-state index >= 15 is 0 Å². The van der Waals surface area contributed by atoms with E-state index in [1.165, 1.54) is 0 Å². The Balaban J connectivity index is 1.90. The van der Waals surface area contributed by atoms with E-state index in [1.807, 2.05) is 0 Å². The van der Waals surface area contributed by atoms with Crippen molar-refractivity contribution in [2.24, 2.45) is 5.92 Å². The van der Waals surface area contributed by atoms with E-state index in [0.717, 1.165) is 18.2 Å². The number of halogens is 2. The van der Waals surface area contributed by atoms with Crippen molar-refractivity contribution in [3.63, 3.8) is 0 Å². The van der Waals surface area contributed by atoms with Crippen LogP contribution in [-0.4, -0.2) is 41.5 Å². The highest BCUT2D eigenvalue weighted by Gasteiger charge is 2.28. The number of amides is 1. The quantitative estimate of drug-likeness (QED) is 0.874. The van der Waals surface area contributed by atoms with Crippen LogP contribution in [0.25, 0.3) is 0 Å². The molecule has 1 unspecified atom stereocenters. The second-order valence-corrected chi connectivity index (χ2v) is 4.73. The molecule has 1 saturated heterocycles. The van der Waals surface area contributed by atoms with Crippen LogP contribution in [0.1, 0.15) is 6.42 Å². The van der Waals surface area contributed by atoms with Gasteiger partial charge in [-0.3, -0.25) is 14.5 Å². The molecule has 0 aliphatic carbocycles. The minimum atomic E-state index is -0.885. The first-order chi connectivity index (χ1) is 9.45. The molecule has 1 fully saturated rings. The van der Waals surface area contributed by atoms with Crippen LogP contribution in [0.15, 0.2) is 18.2 Å². The van der Waals surface area contributed by atoms with Crippen LogP contribution in [0.4, 0.5) is 14.5 Å². The maximum Gasteiger partial charge on any atom is 0.307 e. The van der Waals surface area contributed by atoms with Crippen molar-refractivity contribution in [1.82, 2.24) is 4.90 Å². The predicted octanol–water partition coefficient (Wildman–Crippen LogP) is 1.31. The summed E-state index contributed by atoms with van der Waals surface area (Å²) in [5.74, 6) is -3.23. The summed E-state index contributed by atoms with van der Waals surface area (Å²) in [6.45, 7) is 0.740. The third-order valence-corrected chi connectivity index (χ3v) is 3.19. The lowest BCUT2D eigenvalue weighted by Crippen LogP contribution is -2.32. The fourth-order valence-electron chi connectivity index (χ4n) is 2.16. The smallest absolute Gasteiger partial charge is 0.307 e. The highest BCUT2D eigenvalue weighted by atomic mass is 19.1. The molecule has 108 valence electrons. The summed E-state index contributed by atoms with van der Waals surface area (Å²) in [7, 11) is 0. The van der Waals surface area contributed by atoms with Gasteiger partial charge in [0, 0.05) is 12.6 Å². The topological polar surface area (TPSA) is 69.6 Å². The average molecular weight is 284 g/mol. The Morgan fingerprint density at radius 1 is 1.40 bits per heavy atom. The second-order valence-electron chi connectivity index (χ2n) is 4.73. The molecule has 1 amide bonds. The van der Waals surface area contributed by atoms with Crippen molar-refractivity contribution in [1.29, 1.82) is 0 Å². The number of likely N-dealkylation sites (tertiary alicyclic amines) is 1. The fourth-order valence-corrected chi connectivity index (χ4v) is 2.16. The SMILES string of the molecule is O=C(CN1CCC(C(=O)O)C1)Nc1cc(F)ccc1F. The van der Waals surface area contributed by atoms with Crippen LogP contribution >= 0.6 is 0 Å². The highest BCUT2D eigenvalue weighted by molar-refractivity contribution is 5.92. The Hall–Kier alpha value is -2.02. The molecule has 0 spiro atoms. The van der Waals surface area contributed by atoms with Crippen LogP contribution in [0.3, 0.4) is 0 Å². The van der Waals surface area contributed by atoms with Crippen LogP contribution in [0.2, 0.25) is 0 Å². The van der Waals surface area contributed by atoms with E-state index in [4.69, 9.17) is 5.11 Å². The van der Waals surface area contributed by atoms with E-state index < -0.39 is 29.4 Å². The van der Waals surface area contributed by atoms with Crippen molar-refractivity contribution in [2.45, 2.75) is 6.42 Å². The molecule has 5 nitrogen and oxygen atoms in total. The van der Waals surface area contributed by atoms with Crippen molar-refractivity contribution in [2.75, 3.05) is 25.0 Å². The number of nitrogens with zero attached hydrogens (tertiary/aromatic N) is 1. The number of hydrogen-bond donors (Lipinski definition) is 2. The zero-order valence-electron chi connectivity index (χ0n) is 10.6. The van der Waals surface area contributed by atoms with E-state index in [0.29, 0.717) is 13.0 Å². The molecule has 1 aromatic rings. The zero-order valence-corrected chi connectivity index (χ0v) is 10.6. The van der Waals surface area contributed by atoms with E-state index in [1.54, 1.807) is 4.90 Å². The van der Waals surface area contributed by atoms with Gasteiger partial charge < -0.3 is 10.4 Å². The number of nitrogens with one attached hydrogen (secondary N) is 1. The van der Waals surface area contributed by atoms with E-state index in [9.17, 15) is 18.4 Å². The van der Waals surface area contributed by atoms with Crippen molar-refractivity contribution < 1.29 is 23.5 Å². The summed E-state index contributed by atoms with van der Waals surface area (Å²) in [6.07, 6.45) is 0.483. The van der Waals surface area contributed by atoms with Crippen LogP contribution in [0, 0.1) is 17.6 Å². The van der Waals surface area contributed by atoms with Crippen molar-refractivity contribution >= 4 is 17.6 Å². The molecule has 20 heavy (non-hydrogen) atoms. The lowest BCUT2D eigenvalue weighted by molar-refractivity contribution is -0.141.